The van der Waals surface area contributed by atoms with Crippen molar-refractivity contribution in [3.8, 4) is 11.5 Å². The lowest BCUT2D eigenvalue weighted by Gasteiger charge is -2.11. The largest absolute Gasteiger partial charge is 0.455 e. The summed E-state index contributed by atoms with van der Waals surface area (Å²) in [6.07, 6.45) is 0. The summed E-state index contributed by atoms with van der Waals surface area (Å²) in [5, 5.41) is 7.88. The highest BCUT2D eigenvalue weighted by molar-refractivity contribution is 7.18. The number of rotatable bonds is 4. The average molecular weight is 510 g/mol. The number of urea groups is 1. The Morgan fingerprint density at radius 3 is 2.38 bits per heavy atom. The minimum absolute atomic E-state index is 0.101. The SMILES string of the molecule is O=C(NC(=O)c1c(F)cccc1Cl)Nc1ccc(Oc2c(Cl)ccc3scc(Cl)c23)cc1. The summed E-state index contributed by atoms with van der Waals surface area (Å²) >= 11 is 19.9. The van der Waals surface area contributed by atoms with E-state index in [0.717, 1.165) is 16.2 Å². The molecule has 4 aromatic rings. The van der Waals surface area contributed by atoms with Gasteiger partial charge in [0.25, 0.3) is 5.91 Å². The van der Waals surface area contributed by atoms with Crippen LogP contribution in [0, 0.1) is 5.82 Å². The monoisotopic (exact) mass is 508 g/mol. The van der Waals surface area contributed by atoms with Crippen LogP contribution in [0.15, 0.2) is 60.0 Å². The second-order valence-corrected chi connectivity index (χ2v) is 8.60. The molecule has 10 heteroatoms. The number of carbonyl (C=O) groups excluding carboxylic acids is 2. The van der Waals surface area contributed by atoms with Gasteiger partial charge in [0.2, 0.25) is 0 Å². The van der Waals surface area contributed by atoms with Gasteiger partial charge in [-0.05, 0) is 48.5 Å². The number of nitrogens with one attached hydrogen (secondary N) is 2. The van der Waals surface area contributed by atoms with Gasteiger partial charge in [0, 0.05) is 15.8 Å². The van der Waals surface area contributed by atoms with Crippen molar-refractivity contribution in [2.45, 2.75) is 0 Å². The molecule has 1 heterocycles. The number of fused-ring (bicyclic) bond motifs is 1. The van der Waals surface area contributed by atoms with E-state index < -0.39 is 23.3 Å². The Hall–Kier alpha value is -2.84. The lowest BCUT2D eigenvalue weighted by Crippen LogP contribution is -2.35. The number of anilines is 1. The van der Waals surface area contributed by atoms with Crippen LogP contribution >= 0.6 is 46.1 Å². The van der Waals surface area contributed by atoms with E-state index in [2.05, 4.69) is 5.32 Å². The third-order valence-corrected chi connectivity index (χ3v) is 6.34. The maximum Gasteiger partial charge on any atom is 0.326 e. The van der Waals surface area contributed by atoms with Gasteiger partial charge in [-0.25, -0.2) is 9.18 Å². The maximum absolute atomic E-state index is 13.8. The molecule has 3 aromatic carbocycles. The molecule has 0 aliphatic carbocycles. The summed E-state index contributed by atoms with van der Waals surface area (Å²) in [6, 6.07) is 12.9. The molecule has 0 unspecified atom stereocenters. The Bertz CT molecular complexity index is 1320. The Balaban J connectivity index is 1.45. The number of imide groups is 1. The van der Waals surface area contributed by atoms with E-state index in [1.807, 2.05) is 11.4 Å². The number of hydrogen-bond acceptors (Lipinski definition) is 4. The summed E-state index contributed by atoms with van der Waals surface area (Å²) in [6.45, 7) is 0. The van der Waals surface area contributed by atoms with Gasteiger partial charge in [0.15, 0.2) is 5.75 Å². The fourth-order valence-corrected chi connectivity index (χ4v) is 4.54. The van der Waals surface area contributed by atoms with Crippen molar-refractivity contribution < 1.29 is 18.7 Å². The van der Waals surface area contributed by atoms with Crippen LogP contribution in [0.5, 0.6) is 11.5 Å². The predicted octanol–water partition coefficient (Wildman–Crippen LogP) is 7.75. The second-order valence-electron chi connectivity index (χ2n) is 6.46. The van der Waals surface area contributed by atoms with Crippen LogP contribution in [-0.4, -0.2) is 11.9 Å². The maximum atomic E-state index is 13.8. The van der Waals surface area contributed by atoms with E-state index in [0.29, 0.717) is 27.2 Å². The van der Waals surface area contributed by atoms with Gasteiger partial charge in [0.1, 0.15) is 11.6 Å². The summed E-state index contributed by atoms with van der Waals surface area (Å²) in [5.41, 5.74) is -0.0358. The molecule has 5 nitrogen and oxygen atoms in total. The molecule has 3 amide bonds. The third-order valence-electron chi connectivity index (χ3n) is 4.35. The molecule has 0 spiro atoms. The van der Waals surface area contributed by atoms with Crippen LogP contribution in [-0.2, 0) is 0 Å². The molecule has 0 fully saturated rings. The molecule has 32 heavy (non-hydrogen) atoms. The fraction of sp³-hybridized carbons (Fsp3) is 0. The van der Waals surface area contributed by atoms with Crippen LogP contribution in [0.25, 0.3) is 10.1 Å². The van der Waals surface area contributed by atoms with Gasteiger partial charge in [-0.2, -0.15) is 0 Å². The van der Waals surface area contributed by atoms with Crippen LogP contribution in [0.2, 0.25) is 15.1 Å². The van der Waals surface area contributed by atoms with Gasteiger partial charge < -0.3 is 10.1 Å². The van der Waals surface area contributed by atoms with Gasteiger partial charge in [-0.15, -0.1) is 11.3 Å². The molecule has 0 radical (unpaired) electrons. The Kier molecular flexibility index (Phi) is 6.53. The zero-order chi connectivity index (χ0) is 22.8. The molecule has 0 bridgehead atoms. The number of hydrogen-bond donors (Lipinski definition) is 2. The number of benzene rings is 3. The van der Waals surface area contributed by atoms with Gasteiger partial charge in [-0.3, -0.25) is 10.1 Å². The van der Waals surface area contributed by atoms with E-state index >= 15 is 0 Å². The molecule has 0 atom stereocenters. The summed E-state index contributed by atoms with van der Waals surface area (Å²) in [7, 11) is 0. The molecular formula is C22H12Cl3FN2O3S. The molecule has 0 aliphatic heterocycles. The van der Waals surface area contributed by atoms with Crippen molar-refractivity contribution in [2.75, 3.05) is 5.32 Å². The van der Waals surface area contributed by atoms with Gasteiger partial charge in [0.05, 0.1) is 26.0 Å². The zero-order valence-corrected chi connectivity index (χ0v) is 19.0. The minimum Gasteiger partial charge on any atom is -0.455 e. The summed E-state index contributed by atoms with van der Waals surface area (Å²) in [4.78, 5) is 24.3. The van der Waals surface area contributed by atoms with E-state index in [4.69, 9.17) is 39.5 Å². The normalized spacial score (nSPS) is 10.8. The van der Waals surface area contributed by atoms with Crippen molar-refractivity contribution in [2.24, 2.45) is 0 Å². The van der Waals surface area contributed by atoms with Crippen molar-refractivity contribution in [1.82, 2.24) is 5.32 Å². The lowest BCUT2D eigenvalue weighted by molar-refractivity contribution is 0.0963. The van der Waals surface area contributed by atoms with Crippen LogP contribution in [0.3, 0.4) is 0 Å². The van der Waals surface area contributed by atoms with Crippen LogP contribution in [0.4, 0.5) is 14.9 Å². The number of ether oxygens (including phenoxy) is 1. The number of amides is 3. The van der Waals surface area contributed by atoms with Crippen LogP contribution < -0.4 is 15.4 Å². The summed E-state index contributed by atoms with van der Waals surface area (Å²) in [5.74, 6) is -0.896. The van der Waals surface area contributed by atoms with Crippen molar-refractivity contribution in [3.63, 3.8) is 0 Å². The first kappa shape index (κ1) is 22.4. The lowest BCUT2D eigenvalue weighted by atomic mass is 10.2. The van der Waals surface area contributed by atoms with E-state index in [1.54, 1.807) is 35.7 Å². The molecule has 1 aromatic heterocycles. The quantitative estimate of drug-likeness (QED) is 0.295. The predicted molar refractivity (Wildman–Crippen MR) is 126 cm³/mol. The highest BCUT2D eigenvalue weighted by Crippen LogP contribution is 2.43. The fourth-order valence-electron chi connectivity index (χ4n) is 2.90. The third kappa shape index (κ3) is 4.66. The zero-order valence-electron chi connectivity index (χ0n) is 15.9. The molecule has 0 saturated heterocycles. The first-order valence-electron chi connectivity index (χ1n) is 9.03. The van der Waals surface area contributed by atoms with E-state index in [-0.39, 0.29) is 5.02 Å². The first-order valence-corrected chi connectivity index (χ1v) is 11.0. The molecule has 162 valence electrons. The Labute approximate surface area is 200 Å². The van der Waals surface area contributed by atoms with Gasteiger partial charge in [-0.1, -0.05) is 40.9 Å². The number of halogens is 4. The van der Waals surface area contributed by atoms with E-state index in [1.165, 1.54) is 23.5 Å². The smallest absolute Gasteiger partial charge is 0.326 e. The van der Waals surface area contributed by atoms with Crippen molar-refractivity contribution in [1.29, 1.82) is 0 Å². The standard InChI is InChI=1S/C22H12Cl3FN2O3S/c23-13-2-1-3-16(26)18(13)21(29)28-22(30)27-11-4-6-12(7-5-11)31-20-14(24)8-9-17-19(20)15(25)10-32-17/h1-10H,(H2,27,28,29,30). The number of carbonyl (C=O) groups is 2. The average Bonchev–Trinajstić information content (AvgIpc) is 3.12. The second kappa shape index (κ2) is 9.34. The van der Waals surface area contributed by atoms with E-state index in [9.17, 15) is 14.0 Å². The Morgan fingerprint density at radius 1 is 0.906 bits per heavy atom. The highest BCUT2D eigenvalue weighted by Gasteiger charge is 2.18. The number of thiophene rings is 1. The first-order chi connectivity index (χ1) is 15.3. The minimum atomic E-state index is -0.957. The van der Waals surface area contributed by atoms with Crippen molar-refractivity contribution in [3.05, 3.63) is 86.4 Å². The molecule has 0 aliphatic rings. The highest BCUT2D eigenvalue weighted by atomic mass is 35.5. The molecular weight excluding hydrogens is 498 g/mol. The van der Waals surface area contributed by atoms with Crippen LogP contribution in [0.1, 0.15) is 10.4 Å². The Morgan fingerprint density at radius 2 is 1.66 bits per heavy atom. The molecule has 4 rings (SSSR count). The molecule has 0 saturated carbocycles. The molecule has 2 N–H and O–H groups in total. The summed E-state index contributed by atoms with van der Waals surface area (Å²) < 4.78 is 20.7. The van der Waals surface area contributed by atoms with Gasteiger partial charge >= 0.3 is 6.03 Å². The topological polar surface area (TPSA) is 67.4 Å². The van der Waals surface area contributed by atoms with Crippen molar-refractivity contribution >= 4 is 73.9 Å².